The number of Topliss-reactive ketones (excluding diaryl/α,β-unsaturated/α-hetero) is 1. The third-order valence-electron chi connectivity index (χ3n) is 5.51. The molecule has 0 N–H and O–H groups in total. The number of sulfone groups is 1. The van der Waals surface area contributed by atoms with Gasteiger partial charge in [0.25, 0.3) is 0 Å². The first-order chi connectivity index (χ1) is 14.5. The van der Waals surface area contributed by atoms with Crippen LogP contribution in [0.2, 0.25) is 0 Å². The van der Waals surface area contributed by atoms with Gasteiger partial charge >= 0.3 is 0 Å². The molecule has 6 nitrogen and oxygen atoms in total. The van der Waals surface area contributed by atoms with Gasteiger partial charge in [0, 0.05) is 35.3 Å². The lowest BCUT2D eigenvalue weighted by atomic mass is 9.90. The van der Waals surface area contributed by atoms with Crippen LogP contribution in [0.4, 0.5) is 11.4 Å². The summed E-state index contributed by atoms with van der Waals surface area (Å²) < 4.78 is 31.4. The lowest BCUT2D eigenvalue weighted by Crippen LogP contribution is -2.29. The Morgan fingerprint density at radius 2 is 2.03 bits per heavy atom. The van der Waals surface area contributed by atoms with Crippen molar-refractivity contribution in [2.75, 3.05) is 18.1 Å². The van der Waals surface area contributed by atoms with Gasteiger partial charge in [0.1, 0.15) is 23.1 Å². The predicted molar refractivity (Wildman–Crippen MR) is 116 cm³/mol. The molecule has 0 radical (unpaired) electrons. The summed E-state index contributed by atoms with van der Waals surface area (Å²) in [5.74, 6) is 0.598. The zero-order valence-electron chi connectivity index (χ0n) is 16.2. The van der Waals surface area contributed by atoms with Crippen molar-refractivity contribution in [3.63, 3.8) is 0 Å². The summed E-state index contributed by atoms with van der Waals surface area (Å²) in [6.45, 7) is 1.07. The Hall–Kier alpha value is -2.71. The van der Waals surface area contributed by atoms with Crippen molar-refractivity contribution < 1.29 is 17.9 Å². The molecule has 154 valence electrons. The number of rotatable bonds is 4. The SMILES string of the molecule is O=C1CCCc2ccc(N3CCOc4cc(S(=O)(=O)Cc5nccs5)ccc43)cc21. The first-order valence-electron chi connectivity index (χ1n) is 9.83. The maximum atomic E-state index is 12.8. The van der Waals surface area contributed by atoms with Crippen LogP contribution >= 0.6 is 11.3 Å². The molecule has 0 amide bonds. The Labute approximate surface area is 179 Å². The molecule has 1 aliphatic heterocycles. The van der Waals surface area contributed by atoms with Gasteiger partial charge in [-0.3, -0.25) is 4.79 Å². The fraction of sp³-hybridized carbons (Fsp3) is 0.273. The number of hydrogen-bond donors (Lipinski definition) is 0. The van der Waals surface area contributed by atoms with Crippen LogP contribution in [0.5, 0.6) is 5.75 Å². The summed E-state index contributed by atoms with van der Waals surface area (Å²) >= 11 is 1.32. The van der Waals surface area contributed by atoms with Crippen molar-refractivity contribution in [2.45, 2.75) is 29.9 Å². The lowest BCUT2D eigenvalue weighted by molar-refractivity contribution is 0.0972. The Morgan fingerprint density at radius 3 is 2.87 bits per heavy atom. The number of hydrogen-bond acceptors (Lipinski definition) is 7. The van der Waals surface area contributed by atoms with E-state index >= 15 is 0 Å². The zero-order chi connectivity index (χ0) is 20.7. The molecule has 2 heterocycles. The van der Waals surface area contributed by atoms with Crippen LogP contribution in [-0.4, -0.2) is 32.3 Å². The molecule has 0 fully saturated rings. The van der Waals surface area contributed by atoms with Crippen molar-refractivity contribution in [3.05, 3.63) is 64.1 Å². The number of carbonyl (C=O) groups is 1. The van der Waals surface area contributed by atoms with Gasteiger partial charge < -0.3 is 9.64 Å². The standard InChI is InChI=1S/C22H20N2O4S2/c25-20-3-1-2-15-4-5-16(12-18(15)20)24-9-10-28-21-13-17(6-7-19(21)24)30(26,27)14-22-23-8-11-29-22/h4-8,11-13H,1-3,9-10,14H2. The van der Waals surface area contributed by atoms with Gasteiger partial charge in [-0.25, -0.2) is 13.4 Å². The Kier molecular flexibility index (Phi) is 4.83. The third kappa shape index (κ3) is 3.50. The van der Waals surface area contributed by atoms with Gasteiger partial charge in [-0.05, 0) is 42.7 Å². The van der Waals surface area contributed by atoms with E-state index in [1.54, 1.807) is 29.8 Å². The van der Waals surface area contributed by atoms with E-state index in [1.807, 2.05) is 18.2 Å². The fourth-order valence-corrected chi connectivity index (χ4v) is 6.28. The number of carbonyl (C=O) groups excluding carboxylic acids is 1. The van der Waals surface area contributed by atoms with Crippen LogP contribution in [0.15, 0.2) is 52.9 Å². The highest BCUT2D eigenvalue weighted by atomic mass is 32.2. The molecule has 30 heavy (non-hydrogen) atoms. The highest BCUT2D eigenvalue weighted by Crippen LogP contribution is 2.39. The Morgan fingerprint density at radius 1 is 1.13 bits per heavy atom. The molecule has 2 aromatic carbocycles. The topological polar surface area (TPSA) is 76.6 Å². The molecule has 0 spiro atoms. The van der Waals surface area contributed by atoms with Crippen LogP contribution < -0.4 is 9.64 Å². The summed E-state index contributed by atoms with van der Waals surface area (Å²) in [5, 5.41) is 2.33. The van der Waals surface area contributed by atoms with E-state index in [4.69, 9.17) is 4.74 Å². The van der Waals surface area contributed by atoms with Crippen molar-refractivity contribution in [2.24, 2.45) is 0 Å². The van der Waals surface area contributed by atoms with E-state index in [1.165, 1.54) is 11.3 Å². The number of nitrogens with zero attached hydrogens (tertiary/aromatic N) is 2. The maximum Gasteiger partial charge on any atom is 0.185 e. The number of aryl methyl sites for hydroxylation is 1. The molecule has 8 heteroatoms. The summed E-state index contributed by atoms with van der Waals surface area (Å²) in [4.78, 5) is 18.7. The average molecular weight is 441 g/mol. The molecule has 0 saturated heterocycles. The summed E-state index contributed by atoms with van der Waals surface area (Å²) in [7, 11) is -3.51. The quantitative estimate of drug-likeness (QED) is 0.606. The number of thiazole rings is 1. The van der Waals surface area contributed by atoms with Crippen molar-refractivity contribution in [3.8, 4) is 5.75 Å². The Balaban J connectivity index is 1.48. The van der Waals surface area contributed by atoms with E-state index in [0.717, 1.165) is 35.3 Å². The van der Waals surface area contributed by atoms with Crippen molar-refractivity contribution >= 4 is 38.3 Å². The van der Waals surface area contributed by atoms with E-state index in [-0.39, 0.29) is 16.4 Å². The number of ketones is 1. The van der Waals surface area contributed by atoms with Crippen LogP contribution in [-0.2, 0) is 22.0 Å². The van der Waals surface area contributed by atoms with Crippen LogP contribution in [0.25, 0.3) is 0 Å². The van der Waals surface area contributed by atoms with Crippen LogP contribution in [0.3, 0.4) is 0 Å². The number of benzene rings is 2. The molecule has 0 saturated carbocycles. The van der Waals surface area contributed by atoms with Crippen LogP contribution in [0.1, 0.15) is 33.8 Å². The molecule has 3 aromatic rings. The van der Waals surface area contributed by atoms with Gasteiger partial charge in [-0.2, -0.15) is 0 Å². The minimum atomic E-state index is -3.51. The second-order valence-electron chi connectivity index (χ2n) is 7.43. The molecule has 5 rings (SSSR count). The molecule has 1 aliphatic carbocycles. The Bertz CT molecular complexity index is 1220. The summed E-state index contributed by atoms with van der Waals surface area (Å²) in [5.41, 5.74) is 3.63. The maximum absolute atomic E-state index is 12.8. The van der Waals surface area contributed by atoms with Crippen molar-refractivity contribution in [1.82, 2.24) is 4.98 Å². The minimum absolute atomic E-state index is 0.125. The first-order valence-corrected chi connectivity index (χ1v) is 12.4. The normalized spacial score (nSPS) is 16.0. The zero-order valence-corrected chi connectivity index (χ0v) is 17.8. The number of fused-ring (bicyclic) bond motifs is 2. The number of anilines is 2. The van der Waals surface area contributed by atoms with Gasteiger partial charge in [-0.1, -0.05) is 6.07 Å². The summed E-state index contributed by atoms with van der Waals surface area (Å²) in [6, 6.07) is 11.0. The molecule has 2 aliphatic rings. The monoisotopic (exact) mass is 440 g/mol. The molecule has 0 unspecified atom stereocenters. The highest BCUT2D eigenvalue weighted by molar-refractivity contribution is 7.90. The highest BCUT2D eigenvalue weighted by Gasteiger charge is 2.25. The predicted octanol–water partition coefficient (Wildman–Crippen LogP) is 4.17. The van der Waals surface area contributed by atoms with E-state index in [0.29, 0.717) is 30.3 Å². The lowest BCUT2D eigenvalue weighted by Gasteiger charge is -2.32. The van der Waals surface area contributed by atoms with Gasteiger partial charge in [0.05, 0.1) is 17.1 Å². The second kappa shape index (κ2) is 7.52. The van der Waals surface area contributed by atoms with Gasteiger partial charge in [0.2, 0.25) is 0 Å². The number of ether oxygens (including phenoxy) is 1. The van der Waals surface area contributed by atoms with Crippen molar-refractivity contribution in [1.29, 1.82) is 0 Å². The molecule has 1 aromatic heterocycles. The third-order valence-corrected chi connectivity index (χ3v) is 8.09. The smallest absolute Gasteiger partial charge is 0.185 e. The minimum Gasteiger partial charge on any atom is -0.489 e. The van der Waals surface area contributed by atoms with E-state index < -0.39 is 9.84 Å². The molecule has 0 atom stereocenters. The number of aromatic nitrogens is 1. The second-order valence-corrected chi connectivity index (χ2v) is 10.4. The summed E-state index contributed by atoms with van der Waals surface area (Å²) in [6.07, 6.45) is 4.04. The molecular formula is C22H20N2O4S2. The molecule has 0 bridgehead atoms. The van der Waals surface area contributed by atoms with Gasteiger partial charge in [0.15, 0.2) is 15.6 Å². The van der Waals surface area contributed by atoms with Gasteiger partial charge in [-0.15, -0.1) is 11.3 Å². The first kappa shape index (κ1) is 19.3. The largest absolute Gasteiger partial charge is 0.489 e. The average Bonchev–Trinajstić information content (AvgIpc) is 3.25. The van der Waals surface area contributed by atoms with E-state index in [9.17, 15) is 13.2 Å². The molecular weight excluding hydrogens is 420 g/mol. The fourth-order valence-electron chi connectivity index (χ4n) is 4.02. The van der Waals surface area contributed by atoms with E-state index in [2.05, 4.69) is 9.88 Å². The van der Waals surface area contributed by atoms with Crippen LogP contribution in [0, 0.1) is 0 Å².